The number of alkyl halides is 1. The lowest BCUT2D eigenvalue weighted by atomic mass is 10.1. The molecular formula is C22H19ClF2N4O3. The van der Waals surface area contributed by atoms with Crippen molar-refractivity contribution in [2.45, 2.75) is 6.61 Å². The van der Waals surface area contributed by atoms with E-state index < -0.39 is 29.9 Å². The van der Waals surface area contributed by atoms with Gasteiger partial charge in [0.2, 0.25) is 5.90 Å². The van der Waals surface area contributed by atoms with Gasteiger partial charge >= 0.3 is 0 Å². The predicted octanol–water partition coefficient (Wildman–Crippen LogP) is 4.60. The Labute approximate surface area is 187 Å². The topological polar surface area (TPSA) is 110 Å². The van der Waals surface area contributed by atoms with E-state index in [4.69, 9.17) is 32.2 Å². The fourth-order valence-corrected chi connectivity index (χ4v) is 2.96. The number of nitrogen functional groups attached to an aromatic ring is 1. The second-order valence-electron chi connectivity index (χ2n) is 6.49. The highest BCUT2D eigenvalue weighted by Crippen LogP contribution is 2.29. The zero-order valence-corrected chi connectivity index (χ0v) is 17.5. The van der Waals surface area contributed by atoms with Crippen LogP contribution in [0.1, 0.15) is 21.5 Å². The maximum absolute atomic E-state index is 15.0. The Kier molecular flexibility index (Phi) is 7.56. The Morgan fingerprint density at radius 2 is 1.97 bits per heavy atom. The molecule has 0 spiro atoms. The summed E-state index contributed by atoms with van der Waals surface area (Å²) in [6.07, 6.45) is 1.22. The first-order valence-corrected chi connectivity index (χ1v) is 9.77. The van der Waals surface area contributed by atoms with Gasteiger partial charge in [0.15, 0.2) is 11.6 Å². The van der Waals surface area contributed by atoms with Crippen molar-refractivity contribution >= 4 is 34.9 Å². The van der Waals surface area contributed by atoms with E-state index in [2.05, 4.69) is 10.3 Å². The van der Waals surface area contributed by atoms with Crippen LogP contribution >= 0.6 is 11.6 Å². The molecule has 32 heavy (non-hydrogen) atoms. The van der Waals surface area contributed by atoms with Crippen molar-refractivity contribution in [2.75, 3.05) is 24.3 Å². The first kappa shape index (κ1) is 23.0. The minimum atomic E-state index is -0.923. The van der Waals surface area contributed by atoms with E-state index in [0.29, 0.717) is 0 Å². The Balaban J connectivity index is 1.79. The third kappa shape index (κ3) is 5.50. The van der Waals surface area contributed by atoms with Gasteiger partial charge in [0.05, 0.1) is 28.0 Å². The Hall–Kier alpha value is -3.72. The van der Waals surface area contributed by atoms with Gasteiger partial charge in [-0.1, -0.05) is 41.9 Å². The van der Waals surface area contributed by atoms with Crippen molar-refractivity contribution in [1.82, 2.24) is 4.98 Å². The molecule has 3 rings (SSSR count). The molecular weight excluding hydrogens is 442 g/mol. The Morgan fingerprint density at radius 1 is 1.22 bits per heavy atom. The lowest BCUT2D eigenvalue weighted by molar-refractivity contribution is 0.102. The minimum absolute atomic E-state index is 0.0442. The summed E-state index contributed by atoms with van der Waals surface area (Å²) in [5, 5.41) is 10.2. The number of nitrogens with two attached hydrogens (primary N) is 1. The fraction of sp³-hybridized carbons (Fsp3) is 0.136. The van der Waals surface area contributed by atoms with Crippen LogP contribution in [0.4, 0.5) is 20.3 Å². The summed E-state index contributed by atoms with van der Waals surface area (Å²) >= 11 is 6.06. The van der Waals surface area contributed by atoms with Crippen molar-refractivity contribution in [3.63, 3.8) is 0 Å². The number of halogens is 3. The minimum Gasteiger partial charge on any atom is -0.486 e. The summed E-state index contributed by atoms with van der Waals surface area (Å²) in [5.74, 6) is -2.38. The number of hydrogen-bond donors (Lipinski definition) is 3. The monoisotopic (exact) mass is 460 g/mol. The summed E-state index contributed by atoms with van der Waals surface area (Å²) < 4.78 is 37.7. The molecule has 0 saturated heterocycles. The maximum Gasteiger partial charge on any atom is 0.260 e. The van der Waals surface area contributed by atoms with Gasteiger partial charge in [0.1, 0.15) is 25.7 Å². The third-order valence-corrected chi connectivity index (χ3v) is 4.58. The molecule has 3 aromatic rings. The average molecular weight is 461 g/mol. The van der Waals surface area contributed by atoms with Crippen LogP contribution in [-0.4, -0.2) is 30.1 Å². The van der Waals surface area contributed by atoms with E-state index in [1.165, 1.54) is 24.4 Å². The summed E-state index contributed by atoms with van der Waals surface area (Å²) in [6, 6.07) is 13.1. The van der Waals surface area contributed by atoms with Gasteiger partial charge in [-0.15, -0.1) is 0 Å². The normalized spacial score (nSPS) is 10.5. The van der Waals surface area contributed by atoms with Gasteiger partial charge in [0.25, 0.3) is 5.91 Å². The molecule has 1 heterocycles. The second-order valence-corrected chi connectivity index (χ2v) is 6.89. The predicted molar refractivity (Wildman–Crippen MR) is 118 cm³/mol. The quantitative estimate of drug-likeness (QED) is 0.336. The van der Waals surface area contributed by atoms with E-state index in [-0.39, 0.29) is 41.1 Å². The molecule has 0 saturated carbocycles. The van der Waals surface area contributed by atoms with Crippen molar-refractivity contribution in [1.29, 1.82) is 5.41 Å². The standard InChI is InChI=1S/C22H19ClF2N4O3/c23-16-6-7-17(32-12-13-4-2-1-3-5-13)19(25)18(16)22(30)29-14-10-15(20(26)28-11-14)21(27)31-9-8-24/h1-7,10-11,27H,8-9,12H2,(H2,26,28)(H,29,30). The molecule has 0 bridgehead atoms. The first-order chi connectivity index (χ1) is 15.4. The highest BCUT2D eigenvalue weighted by atomic mass is 35.5. The molecule has 1 amide bonds. The van der Waals surface area contributed by atoms with Gasteiger partial charge < -0.3 is 20.5 Å². The molecule has 1 aromatic heterocycles. The first-order valence-electron chi connectivity index (χ1n) is 9.40. The maximum atomic E-state index is 15.0. The Morgan fingerprint density at radius 3 is 2.69 bits per heavy atom. The van der Waals surface area contributed by atoms with Crippen LogP contribution in [0.25, 0.3) is 0 Å². The van der Waals surface area contributed by atoms with E-state index in [1.54, 1.807) is 0 Å². The van der Waals surface area contributed by atoms with Gasteiger partial charge in [-0.3, -0.25) is 10.2 Å². The third-order valence-electron chi connectivity index (χ3n) is 4.26. The number of aromatic nitrogens is 1. The van der Waals surface area contributed by atoms with Gasteiger partial charge in [0, 0.05) is 0 Å². The molecule has 0 aliphatic rings. The number of carbonyl (C=O) groups excluding carboxylic acids is 1. The zero-order valence-electron chi connectivity index (χ0n) is 16.7. The van der Waals surface area contributed by atoms with Crippen molar-refractivity contribution in [3.8, 4) is 5.75 Å². The summed E-state index contributed by atoms with van der Waals surface area (Å²) in [6.45, 7) is -1.01. The largest absolute Gasteiger partial charge is 0.486 e. The van der Waals surface area contributed by atoms with E-state index in [0.717, 1.165) is 5.56 Å². The van der Waals surface area contributed by atoms with E-state index in [9.17, 15) is 9.18 Å². The number of ether oxygens (including phenoxy) is 2. The number of rotatable bonds is 8. The van der Waals surface area contributed by atoms with Crippen molar-refractivity contribution in [3.05, 3.63) is 82.3 Å². The fourth-order valence-electron chi connectivity index (χ4n) is 2.73. The summed E-state index contributed by atoms with van der Waals surface area (Å²) in [7, 11) is 0. The van der Waals surface area contributed by atoms with Crippen LogP contribution in [0.3, 0.4) is 0 Å². The molecule has 10 heteroatoms. The van der Waals surface area contributed by atoms with Crippen LogP contribution in [0.5, 0.6) is 5.75 Å². The van der Waals surface area contributed by atoms with Crippen LogP contribution in [0, 0.1) is 11.2 Å². The molecule has 0 fully saturated rings. The molecule has 0 aliphatic heterocycles. The Bertz CT molecular complexity index is 1130. The second kappa shape index (κ2) is 10.5. The lowest BCUT2D eigenvalue weighted by Crippen LogP contribution is -2.17. The molecule has 7 nitrogen and oxygen atoms in total. The number of carbonyl (C=O) groups is 1. The van der Waals surface area contributed by atoms with E-state index in [1.807, 2.05) is 30.3 Å². The van der Waals surface area contributed by atoms with Crippen LogP contribution in [0.15, 0.2) is 54.7 Å². The van der Waals surface area contributed by atoms with E-state index >= 15 is 4.39 Å². The molecule has 166 valence electrons. The number of hydrogen-bond acceptors (Lipinski definition) is 6. The van der Waals surface area contributed by atoms with Crippen LogP contribution in [-0.2, 0) is 11.3 Å². The molecule has 2 aromatic carbocycles. The molecule has 0 unspecified atom stereocenters. The number of amides is 1. The van der Waals surface area contributed by atoms with Crippen LogP contribution in [0.2, 0.25) is 5.02 Å². The summed E-state index contributed by atoms with van der Waals surface area (Å²) in [5.41, 5.74) is 6.28. The molecule has 0 atom stereocenters. The molecule has 0 aliphatic carbocycles. The number of pyridine rings is 1. The highest BCUT2D eigenvalue weighted by Gasteiger charge is 2.21. The summed E-state index contributed by atoms with van der Waals surface area (Å²) in [4.78, 5) is 16.6. The van der Waals surface area contributed by atoms with Gasteiger partial charge in [-0.25, -0.2) is 13.8 Å². The smallest absolute Gasteiger partial charge is 0.260 e. The molecule has 0 radical (unpaired) electrons. The number of nitrogens with one attached hydrogen (secondary N) is 2. The van der Waals surface area contributed by atoms with Crippen molar-refractivity contribution in [2.24, 2.45) is 0 Å². The molecule has 4 N–H and O–H groups in total. The number of benzene rings is 2. The average Bonchev–Trinajstić information content (AvgIpc) is 2.79. The highest BCUT2D eigenvalue weighted by molar-refractivity contribution is 6.34. The lowest BCUT2D eigenvalue weighted by Gasteiger charge is -2.13. The SMILES string of the molecule is N=C(OCCF)c1cc(NC(=O)c2c(Cl)ccc(OCc3ccccc3)c2F)cnc1N. The van der Waals surface area contributed by atoms with Gasteiger partial charge in [-0.05, 0) is 23.8 Å². The zero-order chi connectivity index (χ0) is 23.1. The number of nitrogens with zero attached hydrogens (tertiary/aromatic N) is 1. The number of anilines is 2. The van der Waals surface area contributed by atoms with Crippen molar-refractivity contribution < 1.29 is 23.0 Å². The van der Waals surface area contributed by atoms with Crippen LogP contribution < -0.4 is 15.8 Å². The van der Waals surface area contributed by atoms with Gasteiger partial charge in [-0.2, -0.15) is 0 Å².